The van der Waals surface area contributed by atoms with Gasteiger partial charge in [0.15, 0.2) is 5.13 Å². The third-order valence-electron chi connectivity index (χ3n) is 3.35. The summed E-state index contributed by atoms with van der Waals surface area (Å²) in [7, 11) is 0. The molecular formula is C16H18N2OS2. The lowest BCUT2D eigenvalue weighted by Gasteiger charge is -2.03. The van der Waals surface area contributed by atoms with Crippen molar-refractivity contribution in [1.82, 2.24) is 4.98 Å². The van der Waals surface area contributed by atoms with E-state index in [2.05, 4.69) is 46.9 Å². The zero-order chi connectivity index (χ0) is 14.7. The van der Waals surface area contributed by atoms with Gasteiger partial charge in [0, 0.05) is 17.1 Å². The van der Waals surface area contributed by atoms with Gasteiger partial charge in [0.1, 0.15) is 0 Å². The maximum Gasteiger partial charge on any atom is 0.236 e. The SMILES string of the molecule is Cc1cccc(CSCC(=O)Nc2nc(C3CC3)cs2)c1. The molecule has 1 aliphatic rings. The number of anilines is 1. The van der Waals surface area contributed by atoms with Crippen LogP contribution < -0.4 is 5.32 Å². The molecule has 2 aromatic rings. The highest BCUT2D eigenvalue weighted by Crippen LogP contribution is 2.40. The molecule has 1 aromatic carbocycles. The molecule has 0 radical (unpaired) electrons. The quantitative estimate of drug-likeness (QED) is 0.868. The summed E-state index contributed by atoms with van der Waals surface area (Å²) in [5.74, 6) is 2.00. The first-order chi connectivity index (χ1) is 10.2. The molecular weight excluding hydrogens is 300 g/mol. The lowest BCUT2D eigenvalue weighted by Crippen LogP contribution is -2.14. The average molecular weight is 318 g/mol. The summed E-state index contributed by atoms with van der Waals surface area (Å²) in [6, 6.07) is 8.40. The third kappa shape index (κ3) is 4.32. The molecule has 1 aliphatic carbocycles. The number of aromatic nitrogens is 1. The van der Waals surface area contributed by atoms with Crippen molar-refractivity contribution in [2.45, 2.75) is 31.4 Å². The number of nitrogens with zero attached hydrogens (tertiary/aromatic N) is 1. The second kappa shape index (κ2) is 6.62. The normalized spacial score (nSPS) is 14.1. The van der Waals surface area contributed by atoms with Crippen LogP contribution in [0.25, 0.3) is 0 Å². The van der Waals surface area contributed by atoms with Crippen LogP contribution in [0, 0.1) is 6.92 Å². The molecule has 110 valence electrons. The predicted molar refractivity (Wildman–Crippen MR) is 90.1 cm³/mol. The monoisotopic (exact) mass is 318 g/mol. The fourth-order valence-electron chi connectivity index (χ4n) is 2.13. The Kier molecular flexibility index (Phi) is 4.60. The first kappa shape index (κ1) is 14.6. The third-order valence-corrected chi connectivity index (χ3v) is 5.13. The van der Waals surface area contributed by atoms with Crippen molar-refractivity contribution in [3.05, 3.63) is 46.5 Å². The van der Waals surface area contributed by atoms with E-state index in [9.17, 15) is 4.79 Å². The Labute approximate surface area is 133 Å². The van der Waals surface area contributed by atoms with Crippen LogP contribution in [-0.2, 0) is 10.5 Å². The maximum atomic E-state index is 11.9. The van der Waals surface area contributed by atoms with Gasteiger partial charge in [0.05, 0.1) is 11.4 Å². The molecule has 1 saturated carbocycles. The molecule has 0 aliphatic heterocycles. The summed E-state index contributed by atoms with van der Waals surface area (Å²) < 4.78 is 0. The molecule has 1 fully saturated rings. The van der Waals surface area contributed by atoms with Crippen LogP contribution in [0.2, 0.25) is 0 Å². The zero-order valence-electron chi connectivity index (χ0n) is 12.0. The smallest absolute Gasteiger partial charge is 0.236 e. The minimum absolute atomic E-state index is 0.0318. The number of hydrogen-bond acceptors (Lipinski definition) is 4. The lowest BCUT2D eigenvalue weighted by atomic mass is 10.2. The van der Waals surface area contributed by atoms with Crippen LogP contribution in [0.1, 0.15) is 35.6 Å². The summed E-state index contributed by atoms with van der Waals surface area (Å²) in [6.07, 6.45) is 2.48. The summed E-state index contributed by atoms with van der Waals surface area (Å²) in [6.45, 7) is 2.08. The molecule has 0 atom stereocenters. The second-order valence-corrected chi connectivity index (χ2v) is 7.23. The number of nitrogens with one attached hydrogen (secondary N) is 1. The Morgan fingerprint density at radius 1 is 1.48 bits per heavy atom. The molecule has 5 heteroatoms. The summed E-state index contributed by atoms with van der Waals surface area (Å²) in [4.78, 5) is 16.4. The van der Waals surface area contributed by atoms with Crippen LogP contribution in [0.15, 0.2) is 29.6 Å². The molecule has 0 spiro atoms. The van der Waals surface area contributed by atoms with Crippen molar-refractivity contribution in [3.63, 3.8) is 0 Å². The molecule has 0 unspecified atom stereocenters. The summed E-state index contributed by atoms with van der Waals surface area (Å²) in [5.41, 5.74) is 3.66. The minimum atomic E-state index is 0.0318. The number of carbonyl (C=O) groups is 1. The highest BCUT2D eigenvalue weighted by Gasteiger charge is 2.26. The summed E-state index contributed by atoms with van der Waals surface area (Å²) in [5, 5.41) is 5.69. The Hall–Kier alpha value is -1.33. The van der Waals surface area contributed by atoms with E-state index >= 15 is 0 Å². The minimum Gasteiger partial charge on any atom is -0.301 e. The lowest BCUT2D eigenvalue weighted by molar-refractivity contribution is -0.113. The van der Waals surface area contributed by atoms with Gasteiger partial charge in [0.2, 0.25) is 5.91 Å². The Morgan fingerprint density at radius 2 is 2.33 bits per heavy atom. The topological polar surface area (TPSA) is 42.0 Å². The largest absolute Gasteiger partial charge is 0.301 e. The number of thiazole rings is 1. The van der Waals surface area contributed by atoms with E-state index in [1.54, 1.807) is 11.8 Å². The van der Waals surface area contributed by atoms with Crippen molar-refractivity contribution in [2.24, 2.45) is 0 Å². The van der Waals surface area contributed by atoms with E-state index in [1.807, 2.05) is 0 Å². The van der Waals surface area contributed by atoms with E-state index in [4.69, 9.17) is 0 Å². The number of thioether (sulfide) groups is 1. The molecule has 1 amide bonds. The molecule has 3 nitrogen and oxygen atoms in total. The van der Waals surface area contributed by atoms with Gasteiger partial charge >= 0.3 is 0 Å². The number of amides is 1. The number of benzene rings is 1. The number of carbonyl (C=O) groups excluding carboxylic acids is 1. The van der Waals surface area contributed by atoms with Crippen LogP contribution in [0.4, 0.5) is 5.13 Å². The molecule has 1 aromatic heterocycles. The van der Waals surface area contributed by atoms with Gasteiger partial charge in [-0.3, -0.25) is 4.79 Å². The first-order valence-corrected chi connectivity index (χ1v) is 9.13. The highest BCUT2D eigenvalue weighted by atomic mass is 32.2. The van der Waals surface area contributed by atoms with Gasteiger partial charge in [0.25, 0.3) is 0 Å². The fourth-order valence-corrected chi connectivity index (χ4v) is 3.71. The molecule has 21 heavy (non-hydrogen) atoms. The maximum absolute atomic E-state index is 11.9. The molecule has 1 heterocycles. The van der Waals surface area contributed by atoms with E-state index in [1.165, 1.54) is 35.3 Å². The van der Waals surface area contributed by atoms with Crippen molar-refractivity contribution in [1.29, 1.82) is 0 Å². The fraction of sp³-hybridized carbons (Fsp3) is 0.375. The van der Waals surface area contributed by atoms with Gasteiger partial charge in [-0.15, -0.1) is 23.1 Å². The van der Waals surface area contributed by atoms with Gasteiger partial charge in [-0.25, -0.2) is 4.98 Å². The van der Waals surface area contributed by atoms with Gasteiger partial charge < -0.3 is 5.32 Å². The standard InChI is InChI=1S/C16H18N2OS2/c1-11-3-2-4-12(7-11)8-20-10-15(19)18-16-17-14(9-21-16)13-5-6-13/h2-4,7,9,13H,5-6,8,10H2,1H3,(H,17,18,19). The zero-order valence-corrected chi connectivity index (χ0v) is 13.6. The van der Waals surface area contributed by atoms with E-state index in [0.717, 1.165) is 16.6 Å². The van der Waals surface area contributed by atoms with Crippen molar-refractivity contribution < 1.29 is 4.79 Å². The van der Waals surface area contributed by atoms with Crippen LogP contribution >= 0.6 is 23.1 Å². The van der Waals surface area contributed by atoms with E-state index in [0.29, 0.717) is 11.7 Å². The Bertz CT molecular complexity index is 635. The Balaban J connectivity index is 1.43. The number of hydrogen-bond donors (Lipinski definition) is 1. The van der Waals surface area contributed by atoms with Gasteiger partial charge in [-0.2, -0.15) is 0 Å². The van der Waals surface area contributed by atoms with Crippen LogP contribution in [0.3, 0.4) is 0 Å². The first-order valence-electron chi connectivity index (χ1n) is 7.09. The van der Waals surface area contributed by atoms with E-state index < -0.39 is 0 Å². The van der Waals surface area contributed by atoms with Crippen molar-refractivity contribution >= 4 is 34.1 Å². The summed E-state index contributed by atoms with van der Waals surface area (Å²) >= 11 is 3.16. The van der Waals surface area contributed by atoms with E-state index in [-0.39, 0.29) is 5.91 Å². The predicted octanol–water partition coefficient (Wildman–Crippen LogP) is 4.20. The highest BCUT2D eigenvalue weighted by molar-refractivity contribution is 7.99. The van der Waals surface area contributed by atoms with Gasteiger partial charge in [-0.1, -0.05) is 29.8 Å². The number of rotatable bonds is 6. The molecule has 0 saturated heterocycles. The molecule has 3 rings (SSSR count). The number of aryl methyl sites for hydroxylation is 1. The average Bonchev–Trinajstić information content (AvgIpc) is 3.20. The van der Waals surface area contributed by atoms with Crippen LogP contribution in [0.5, 0.6) is 0 Å². The molecule has 0 bridgehead atoms. The molecule has 1 N–H and O–H groups in total. The second-order valence-electron chi connectivity index (χ2n) is 5.38. The van der Waals surface area contributed by atoms with Gasteiger partial charge in [-0.05, 0) is 25.3 Å². The van der Waals surface area contributed by atoms with Crippen LogP contribution in [-0.4, -0.2) is 16.6 Å². The van der Waals surface area contributed by atoms with Crippen molar-refractivity contribution in [3.8, 4) is 0 Å². The Morgan fingerprint density at radius 3 is 3.10 bits per heavy atom. The van der Waals surface area contributed by atoms with Crippen molar-refractivity contribution in [2.75, 3.05) is 11.1 Å².